The van der Waals surface area contributed by atoms with Crippen molar-refractivity contribution >= 4 is 46.4 Å². The fourth-order valence-corrected chi connectivity index (χ4v) is 1.83. The molecule has 0 radical (unpaired) electrons. The first-order valence-electron chi connectivity index (χ1n) is 4.94. The molecule has 0 saturated carbocycles. The molecule has 0 aliphatic heterocycles. The third-order valence-electron chi connectivity index (χ3n) is 1.99. The third kappa shape index (κ3) is 4.60. The van der Waals surface area contributed by atoms with Gasteiger partial charge in [-0.05, 0) is 31.0 Å². The Bertz CT molecular complexity index is 368. The van der Waals surface area contributed by atoms with E-state index in [1.165, 1.54) is 0 Å². The van der Waals surface area contributed by atoms with E-state index in [-0.39, 0.29) is 5.91 Å². The van der Waals surface area contributed by atoms with Gasteiger partial charge in [0.2, 0.25) is 5.91 Å². The van der Waals surface area contributed by atoms with E-state index in [1.54, 1.807) is 18.2 Å². The van der Waals surface area contributed by atoms with Crippen LogP contribution in [0, 0.1) is 0 Å². The zero-order valence-corrected chi connectivity index (χ0v) is 10.9. The van der Waals surface area contributed by atoms with Crippen LogP contribution in [0.2, 0.25) is 10.0 Å². The summed E-state index contributed by atoms with van der Waals surface area (Å²) in [6.45, 7) is 0. The maximum atomic E-state index is 11.5. The van der Waals surface area contributed by atoms with Crippen molar-refractivity contribution in [3.05, 3.63) is 28.2 Å². The van der Waals surface area contributed by atoms with Crippen molar-refractivity contribution in [2.45, 2.75) is 19.3 Å². The number of nitrogens with one attached hydrogen (secondary N) is 1. The Morgan fingerprint density at radius 2 is 2.00 bits per heavy atom. The Hall–Kier alpha value is -0.440. The van der Waals surface area contributed by atoms with Gasteiger partial charge in [-0.3, -0.25) is 4.79 Å². The number of unbranched alkanes of at least 4 members (excludes halogenated alkanes) is 1. The van der Waals surface area contributed by atoms with Crippen LogP contribution in [0.1, 0.15) is 19.3 Å². The maximum Gasteiger partial charge on any atom is 0.224 e. The van der Waals surface area contributed by atoms with Gasteiger partial charge in [-0.25, -0.2) is 0 Å². The molecular weight excluding hydrogens is 268 g/mol. The molecule has 1 rings (SSSR count). The predicted octanol–water partition coefficient (Wildman–Crippen LogP) is 4.34. The predicted molar refractivity (Wildman–Crippen MR) is 69.7 cm³/mol. The molecule has 5 heteroatoms. The maximum absolute atomic E-state index is 11.5. The van der Waals surface area contributed by atoms with Crippen LogP contribution in [-0.4, -0.2) is 11.8 Å². The molecule has 88 valence electrons. The van der Waals surface area contributed by atoms with Gasteiger partial charge < -0.3 is 5.32 Å². The Balaban J connectivity index is 2.49. The molecule has 2 nitrogen and oxygen atoms in total. The molecule has 1 N–H and O–H groups in total. The molecule has 0 atom stereocenters. The number of alkyl halides is 1. The van der Waals surface area contributed by atoms with Crippen molar-refractivity contribution < 1.29 is 4.79 Å². The molecule has 0 saturated heterocycles. The second kappa shape index (κ2) is 7.00. The number of anilines is 1. The zero-order chi connectivity index (χ0) is 12.0. The Morgan fingerprint density at radius 1 is 1.25 bits per heavy atom. The normalized spacial score (nSPS) is 10.2. The lowest BCUT2D eigenvalue weighted by Crippen LogP contribution is -2.11. The minimum absolute atomic E-state index is 0.0608. The van der Waals surface area contributed by atoms with Gasteiger partial charge in [-0.15, -0.1) is 11.6 Å². The van der Waals surface area contributed by atoms with Gasteiger partial charge in [0, 0.05) is 17.3 Å². The lowest BCUT2D eigenvalue weighted by Gasteiger charge is -2.06. The lowest BCUT2D eigenvalue weighted by atomic mass is 10.2. The van der Waals surface area contributed by atoms with Crippen LogP contribution in [0.5, 0.6) is 0 Å². The molecule has 0 aromatic heterocycles. The fraction of sp³-hybridized carbons (Fsp3) is 0.364. The van der Waals surface area contributed by atoms with Gasteiger partial charge in [0.1, 0.15) is 0 Å². The zero-order valence-electron chi connectivity index (χ0n) is 8.60. The van der Waals surface area contributed by atoms with Crippen molar-refractivity contribution in [1.82, 2.24) is 0 Å². The van der Waals surface area contributed by atoms with Crippen LogP contribution >= 0.6 is 34.8 Å². The number of rotatable bonds is 5. The lowest BCUT2D eigenvalue weighted by molar-refractivity contribution is -0.116. The van der Waals surface area contributed by atoms with Crippen molar-refractivity contribution in [2.24, 2.45) is 0 Å². The van der Waals surface area contributed by atoms with E-state index in [0.29, 0.717) is 28.0 Å². The molecule has 0 unspecified atom stereocenters. The van der Waals surface area contributed by atoms with Crippen LogP contribution < -0.4 is 5.32 Å². The highest BCUT2D eigenvalue weighted by Gasteiger charge is 2.05. The van der Waals surface area contributed by atoms with Gasteiger partial charge >= 0.3 is 0 Å². The standard InChI is InChI=1S/C11H12Cl3NO/c12-6-2-1-3-11(16)15-10-5-4-8(13)7-9(10)14/h4-5,7H,1-3,6H2,(H,15,16). The van der Waals surface area contributed by atoms with Crippen LogP contribution in [0.4, 0.5) is 5.69 Å². The Labute approximate surface area is 110 Å². The number of carbonyl (C=O) groups is 1. The van der Waals surface area contributed by atoms with Gasteiger partial charge in [-0.1, -0.05) is 23.2 Å². The SMILES string of the molecule is O=C(CCCCCl)Nc1ccc(Cl)cc1Cl. The minimum Gasteiger partial charge on any atom is -0.325 e. The van der Waals surface area contributed by atoms with Gasteiger partial charge in [-0.2, -0.15) is 0 Å². The van der Waals surface area contributed by atoms with Crippen LogP contribution in [-0.2, 0) is 4.79 Å². The number of amides is 1. The molecular formula is C11H12Cl3NO. The van der Waals surface area contributed by atoms with Gasteiger partial charge in [0.15, 0.2) is 0 Å². The number of carbonyl (C=O) groups excluding carboxylic acids is 1. The third-order valence-corrected chi connectivity index (χ3v) is 2.81. The van der Waals surface area contributed by atoms with Gasteiger partial charge in [0.05, 0.1) is 10.7 Å². The Kier molecular flexibility index (Phi) is 5.96. The molecule has 0 bridgehead atoms. The second-order valence-electron chi connectivity index (χ2n) is 3.32. The summed E-state index contributed by atoms with van der Waals surface area (Å²) in [7, 11) is 0. The number of halogens is 3. The van der Waals surface area contributed by atoms with E-state index in [1.807, 2.05) is 0 Å². The largest absolute Gasteiger partial charge is 0.325 e. The number of hydrogen-bond donors (Lipinski definition) is 1. The summed E-state index contributed by atoms with van der Waals surface area (Å²) in [5.41, 5.74) is 0.585. The van der Waals surface area contributed by atoms with Crippen LogP contribution in [0.15, 0.2) is 18.2 Å². The van der Waals surface area contributed by atoms with Gasteiger partial charge in [0.25, 0.3) is 0 Å². The van der Waals surface area contributed by atoms with E-state index in [0.717, 1.165) is 12.8 Å². The van der Waals surface area contributed by atoms with Crippen LogP contribution in [0.3, 0.4) is 0 Å². The molecule has 0 heterocycles. The Morgan fingerprint density at radius 3 is 2.62 bits per heavy atom. The van der Waals surface area contributed by atoms with E-state index < -0.39 is 0 Å². The fourth-order valence-electron chi connectivity index (χ4n) is 1.18. The van der Waals surface area contributed by atoms with E-state index in [4.69, 9.17) is 34.8 Å². The smallest absolute Gasteiger partial charge is 0.224 e. The summed E-state index contributed by atoms with van der Waals surface area (Å²) < 4.78 is 0. The summed E-state index contributed by atoms with van der Waals surface area (Å²) in [6, 6.07) is 4.96. The molecule has 0 aliphatic carbocycles. The molecule has 0 spiro atoms. The average molecular weight is 281 g/mol. The topological polar surface area (TPSA) is 29.1 Å². The average Bonchev–Trinajstić information content (AvgIpc) is 2.23. The van der Waals surface area contributed by atoms with Crippen molar-refractivity contribution in [3.63, 3.8) is 0 Å². The molecule has 1 aromatic rings. The summed E-state index contributed by atoms with van der Waals surface area (Å²) >= 11 is 17.2. The van der Waals surface area contributed by atoms with Crippen molar-refractivity contribution in [2.75, 3.05) is 11.2 Å². The first kappa shape index (κ1) is 13.6. The molecule has 0 aliphatic rings. The van der Waals surface area contributed by atoms with Crippen LogP contribution in [0.25, 0.3) is 0 Å². The molecule has 16 heavy (non-hydrogen) atoms. The highest BCUT2D eigenvalue weighted by Crippen LogP contribution is 2.25. The quantitative estimate of drug-likeness (QED) is 0.631. The van der Waals surface area contributed by atoms with Crippen molar-refractivity contribution in [3.8, 4) is 0 Å². The van der Waals surface area contributed by atoms with E-state index in [2.05, 4.69) is 5.32 Å². The molecule has 1 aromatic carbocycles. The first-order chi connectivity index (χ1) is 7.63. The summed E-state index contributed by atoms with van der Waals surface area (Å²) in [5.74, 6) is 0.518. The second-order valence-corrected chi connectivity index (χ2v) is 4.54. The first-order valence-corrected chi connectivity index (χ1v) is 6.23. The summed E-state index contributed by atoms with van der Waals surface area (Å²) in [6.07, 6.45) is 2.07. The van der Waals surface area contributed by atoms with E-state index in [9.17, 15) is 4.79 Å². The molecule has 1 amide bonds. The summed E-state index contributed by atoms with van der Waals surface area (Å²) in [4.78, 5) is 11.5. The highest BCUT2D eigenvalue weighted by atomic mass is 35.5. The highest BCUT2D eigenvalue weighted by molar-refractivity contribution is 6.36. The number of hydrogen-bond acceptors (Lipinski definition) is 1. The summed E-state index contributed by atoms with van der Waals surface area (Å²) in [5, 5.41) is 3.71. The monoisotopic (exact) mass is 279 g/mol. The van der Waals surface area contributed by atoms with Crippen molar-refractivity contribution in [1.29, 1.82) is 0 Å². The minimum atomic E-state index is -0.0608. The number of benzene rings is 1. The van der Waals surface area contributed by atoms with E-state index >= 15 is 0 Å². The molecule has 0 fully saturated rings.